The maximum atomic E-state index is 13.5. The first-order valence-corrected chi connectivity index (χ1v) is 12.2. The molecule has 0 radical (unpaired) electrons. The summed E-state index contributed by atoms with van der Waals surface area (Å²) in [7, 11) is -3.68. The summed E-state index contributed by atoms with van der Waals surface area (Å²) in [6, 6.07) is 19.1. The molecule has 0 saturated heterocycles. The van der Waals surface area contributed by atoms with Crippen molar-refractivity contribution in [1.29, 1.82) is 0 Å². The van der Waals surface area contributed by atoms with E-state index in [4.69, 9.17) is 0 Å². The molecule has 0 aliphatic rings. The van der Waals surface area contributed by atoms with Gasteiger partial charge in [-0.1, -0.05) is 48.5 Å². The van der Waals surface area contributed by atoms with Crippen LogP contribution in [0.15, 0.2) is 71.6 Å². The van der Waals surface area contributed by atoms with Crippen molar-refractivity contribution >= 4 is 38.5 Å². The number of halogens is 1. The van der Waals surface area contributed by atoms with E-state index in [1.54, 1.807) is 36.4 Å². The number of rotatable bonds is 10. The third kappa shape index (κ3) is 6.29. The van der Waals surface area contributed by atoms with Gasteiger partial charge in [-0.15, -0.1) is 0 Å². The number of carbonyl (C=O) groups excluding carboxylic acids is 1. The Morgan fingerprint density at radius 2 is 1.67 bits per heavy atom. The molecular weight excluding hydrogens is 423 g/mol. The van der Waals surface area contributed by atoms with Gasteiger partial charge in [0.25, 0.3) is 0 Å². The van der Waals surface area contributed by atoms with E-state index in [1.807, 2.05) is 24.3 Å². The molecule has 8 heteroatoms. The minimum Gasteiger partial charge on any atom is -0.355 e. The average molecular weight is 447 g/mol. The summed E-state index contributed by atoms with van der Waals surface area (Å²) in [4.78, 5) is 12.1. The van der Waals surface area contributed by atoms with Crippen molar-refractivity contribution in [3.63, 3.8) is 0 Å². The number of sulfonamides is 1. The summed E-state index contributed by atoms with van der Waals surface area (Å²) in [5.41, 5.74) is 0.636. The van der Waals surface area contributed by atoms with Crippen LogP contribution in [-0.2, 0) is 20.6 Å². The van der Waals surface area contributed by atoms with Gasteiger partial charge in [0.15, 0.2) is 0 Å². The second-order valence-electron chi connectivity index (χ2n) is 6.65. The first-order chi connectivity index (χ1) is 14.5. The van der Waals surface area contributed by atoms with Crippen LogP contribution in [0.5, 0.6) is 0 Å². The fourth-order valence-corrected chi connectivity index (χ4v) is 4.78. The molecule has 3 aromatic carbocycles. The highest BCUT2D eigenvalue weighted by atomic mass is 32.2. The summed E-state index contributed by atoms with van der Waals surface area (Å²) >= 11 is 1.52. The lowest BCUT2D eigenvalue weighted by Crippen LogP contribution is -2.31. The van der Waals surface area contributed by atoms with Crippen molar-refractivity contribution in [3.8, 4) is 0 Å². The summed E-state index contributed by atoms with van der Waals surface area (Å²) in [6.45, 7) is 0.457. The smallest absolute Gasteiger partial charge is 0.240 e. The monoisotopic (exact) mass is 446 g/mol. The summed E-state index contributed by atoms with van der Waals surface area (Å²) < 4.78 is 40.9. The number of nitrogens with one attached hydrogen (secondary N) is 2. The molecule has 158 valence electrons. The number of hydrogen-bond donors (Lipinski definition) is 2. The highest BCUT2D eigenvalue weighted by molar-refractivity contribution is 7.98. The molecule has 30 heavy (non-hydrogen) atoms. The molecule has 0 bridgehead atoms. The van der Waals surface area contributed by atoms with Crippen LogP contribution in [0.4, 0.5) is 4.39 Å². The number of thioether (sulfide) groups is 1. The molecule has 5 nitrogen and oxygen atoms in total. The number of carbonyl (C=O) groups is 1. The quantitative estimate of drug-likeness (QED) is 0.466. The Morgan fingerprint density at radius 1 is 0.933 bits per heavy atom. The van der Waals surface area contributed by atoms with E-state index in [2.05, 4.69) is 10.0 Å². The first kappa shape index (κ1) is 22.3. The second kappa shape index (κ2) is 10.6. The van der Waals surface area contributed by atoms with Crippen LogP contribution in [-0.4, -0.2) is 33.2 Å². The van der Waals surface area contributed by atoms with E-state index in [0.717, 1.165) is 10.8 Å². The third-order valence-electron chi connectivity index (χ3n) is 4.46. The third-order valence-corrected chi connectivity index (χ3v) is 6.93. The molecule has 1 amide bonds. The molecule has 0 spiro atoms. The van der Waals surface area contributed by atoms with Crippen molar-refractivity contribution in [2.45, 2.75) is 17.1 Å². The average Bonchev–Trinajstić information content (AvgIpc) is 2.74. The number of hydrogen-bond acceptors (Lipinski definition) is 4. The Hall–Kier alpha value is -2.42. The van der Waals surface area contributed by atoms with Gasteiger partial charge in [-0.3, -0.25) is 4.79 Å². The van der Waals surface area contributed by atoms with E-state index in [0.29, 0.717) is 23.6 Å². The van der Waals surface area contributed by atoms with Gasteiger partial charge in [-0.25, -0.2) is 17.5 Å². The molecule has 0 aliphatic carbocycles. The van der Waals surface area contributed by atoms with Crippen LogP contribution < -0.4 is 10.0 Å². The highest BCUT2D eigenvalue weighted by Gasteiger charge is 2.14. The molecule has 0 atom stereocenters. The Balaban J connectivity index is 1.37. The topological polar surface area (TPSA) is 75.3 Å². The SMILES string of the molecule is O=C(CCNS(=O)(=O)c1ccc2ccccc2c1)NCCSCc1ccccc1F. The lowest BCUT2D eigenvalue weighted by Gasteiger charge is -2.09. The van der Waals surface area contributed by atoms with E-state index in [9.17, 15) is 17.6 Å². The van der Waals surface area contributed by atoms with Crippen LogP contribution in [0.25, 0.3) is 10.8 Å². The highest BCUT2D eigenvalue weighted by Crippen LogP contribution is 2.19. The van der Waals surface area contributed by atoms with Crippen molar-refractivity contribution in [2.24, 2.45) is 0 Å². The van der Waals surface area contributed by atoms with Gasteiger partial charge in [0.1, 0.15) is 5.82 Å². The van der Waals surface area contributed by atoms with Gasteiger partial charge >= 0.3 is 0 Å². The maximum absolute atomic E-state index is 13.5. The van der Waals surface area contributed by atoms with Crippen molar-refractivity contribution in [3.05, 3.63) is 78.1 Å². The molecule has 3 rings (SSSR count). The molecule has 0 aliphatic heterocycles. The standard InChI is InChI=1S/C22H23FN2O3S2/c23-21-8-4-3-7-19(21)16-29-14-13-24-22(26)11-12-25-30(27,28)20-10-9-17-5-1-2-6-18(17)15-20/h1-10,15,25H,11-14,16H2,(H,24,26). The number of fused-ring (bicyclic) bond motifs is 1. The first-order valence-electron chi connectivity index (χ1n) is 9.52. The molecule has 0 unspecified atom stereocenters. The maximum Gasteiger partial charge on any atom is 0.240 e. The van der Waals surface area contributed by atoms with E-state index in [-0.39, 0.29) is 29.6 Å². The zero-order valence-electron chi connectivity index (χ0n) is 16.3. The Kier molecular flexibility index (Phi) is 7.84. The molecule has 2 N–H and O–H groups in total. The molecular formula is C22H23FN2O3S2. The number of amides is 1. The van der Waals surface area contributed by atoms with Gasteiger partial charge in [0.05, 0.1) is 4.90 Å². The van der Waals surface area contributed by atoms with Gasteiger partial charge < -0.3 is 5.32 Å². The fraction of sp³-hybridized carbons (Fsp3) is 0.227. The minimum absolute atomic E-state index is 0.0172. The van der Waals surface area contributed by atoms with Gasteiger partial charge in [0, 0.05) is 31.0 Å². The summed E-state index contributed by atoms with van der Waals surface area (Å²) in [6.07, 6.45) is 0.0464. The van der Waals surface area contributed by atoms with Crippen molar-refractivity contribution in [2.75, 3.05) is 18.8 Å². The second-order valence-corrected chi connectivity index (χ2v) is 9.52. The van der Waals surface area contributed by atoms with Crippen molar-refractivity contribution < 1.29 is 17.6 Å². The minimum atomic E-state index is -3.68. The molecule has 0 heterocycles. The predicted molar refractivity (Wildman–Crippen MR) is 119 cm³/mol. The molecule has 3 aromatic rings. The fourth-order valence-electron chi connectivity index (χ4n) is 2.87. The predicted octanol–water partition coefficient (Wildman–Crippen LogP) is 3.70. The molecule has 0 fully saturated rings. The van der Waals surface area contributed by atoms with Crippen LogP contribution in [0.1, 0.15) is 12.0 Å². The van der Waals surface area contributed by atoms with Gasteiger partial charge in [0.2, 0.25) is 15.9 Å². The Bertz CT molecular complexity index is 1120. The van der Waals surface area contributed by atoms with Gasteiger partial charge in [-0.05, 0) is 34.5 Å². The lowest BCUT2D eigenvalue weighted by atomic mass is 10.1. The van der Waals surface area contributed by atoms with Gasteiger partial charge in [-0.2, -0.15) is 11.8 Å². The lowest BCUT2D eigenvalue weighted by molar-refractivity contribution is -0.120. The van der Waals surface area contributed by atoms with Crippen LogP contribution in [0, 0.1) is 5.82 Å². The number of benzene rings is 3. The zero-order valence-corrected chi connectivity index (χ0v) is 17.9. The Morgan fingerprint density at radius 3 is 2.47 bits per heavy atom. The van der Waals surface area contributed by atoms with E-state index >= 15 is 0 Å². The summed E-state index contributed by atoms with van der Waals surface area (Å²) in [5, 5.41) is 4.55. The van der Waals surface area contributed by atoms with Crippen LogP contribution >= 0.6 is 11.8 Å². The largest absolute Gasteiger partial charge is 0.355 e. The Labute approximate surface area is 180 Å². The van der Waals surface area contributed by atoms with Crippen LogP contribution in [0.2, 0.25) is 0 Å². The molecule has 0 saturated carbocycles. The van der Waals surface area contributed by atoms with Crippen LogP contribution in [0.3, 0.4) is 0 Å². The normalized spacial score (nSPS) is 11.5. The van der Waals surface area contributed by atoms with Crippen molar-refractivity contribution in [1.82, 2.24) is 10.0 Å². The van der Waals surface area contributed by atoms with E-state index in [1.165, 1.54) is 17.8 Å². The zero-order chi connectivity index (χ0) is 21.4. The van der Waals surface area contributed by atoms with E-state index < -0.39 is 10.0 Å². The molecule has 0 aromatic heterocycles. The summed E-state index contributed by atoms with van der Waals surface area (Å²) in [5.74, 6) is 0.715.